The third-order valence-corrected chi connectivity index (χ3v) is 3.84. The minimum absolute atomic E-state index is 0.225. The molecule has 0 aromatic carbocycles. The van der Waals surface area contributed by atoms with E-state index >= 15 is 0 Å². The second-order valence-electron chi connectivity index (χ2n) is 5.46. The zero-order chi connectivity index (χ0) is 13.4. The molecule has 0 aromatic heterocycles. The molecule has 0 aliphatic carbocycles. The Kier molecular flexibility index (Phi) is 7.15. The number of ether oxygens (including phenoxy) is 3. The van der Waals surface area contributed by atoms with Crippen molar-refractivity contribution in [1.82, 2.24) is 5.32 Å². The maximum Gasteiger partial charge on any atom is 0.0617 e. The lowest BCUT2D eigenvalue weighted by atomic mass is 9.78. The molecule has 1 fully saturated rings. The van der Waals surface area contributed by atoms with Crippen molar-refractivity contribution in [1.29, 1.82) is 0 Å². The molecule has 1 saturated heterocycles. The van der Waals surface area contributed by atoms with Gasteiger partial charge in [0.15, 0.2) is 0 Å². The van der Waals surface area contributed by atoms with Gasteiger partial charge in [-0.2, -0.15) is 0 Å². The highest BCUT2D eigenvalue weighted by Crippen LogP contribution is 2.37. The molecule has 1 aliphatic heterocycles. The molecule has 0 saturated carbocycles. The molecular weight excluding hydrogens is 230 g/mol. The quantitative estimate of drug-likeness (QED) is 0.641. The van der Waals surface area contributed by atoms with Crippen LogP contribution in [0.1, 0.15) is 33.6 Å². The molecular formula is C14H29NO3. The van der Waals surface area contributed by atoms with E-state index in [1.807, 2.05) is 0 Å². The fourth-order valence-electron chi connectivity index (χ4n) is 2.48. The van der Waals surface area contributed by atoms with E-state index in [9.17, 15) is 0 Å². The van der Waals surface area contributed by atoms with Crippen molar-refractivity contribution in [3.05, 3.63) is 0 Å². The topological polar surface area (TPSA) is 39.7 Å². The van der Waals surface area contributed by atoms with E-state index in [2.05, 4.69) is 26.1 Å². The molecule has 0 radical (unpaired) electrons. The summed E-state index contributed by atoms with van der Waals surface area (Å²) in [6.45, 7) is 10.7. The van der Waals surface area contributed by atoms with E-state index in [0.29, 0.717) is 12.2 Å². The summed E-state index contributed by atoms with van der Waals surface area (Å²) < 4.78 is 16.5. The minimum atomic E-state index is 0.225. The fourth-order valence-corrected chi connectivity index (χ4v) is 2.48. The van der Waals surface area contributed by atoms with Gasteiger partial charge < -0.3 is 19.5 Å². The largest absolute Gasteiger partial charge is 0.383 e. The van der Waals surface area contributed by atoms with Gasteiger partial charge in [-0.1, -0.05) is 0 Å². The van der Waals surface area contributed by atoms with Gasteiger partial charge in [0.2, 0.25) is 0 Å². The van der Waals surface area contributed by atoms with Crippen LogP contribution in [0.15, 0.2) is 0 Å². The highest BCUT2D eigenvalue weighted by molar-refractivity contribution is 4.91. The molecule has 0 amide bonds. The molecule has 1 N–H and O–H groups in total. The lowest BCUT2D eigenvalue weighted by Crippen LogP contribution is -2.41. The summed E-state index contributed by atoms with van der Waals surface area (Å²) in [7, 11) is 1.73. The number of nitrogens with one attached hydrogen (secondary N) is 1. The molecule has 4 nitrogen and oxygen atoms in total. The second kappa shape index (κ2) is 8.10. The number of hydrogen-bond acceptors (Lipinski definition) is 4. The van der Waals surface area contributed by atoms with Crippen LogP contribution in [0, 0.1) is 5.41 Å². The molecule has 2 unspecified atom stereocenters. The molecule has 1 rings (SSSR count). The Bertz CT molecular complexity index is 223. The van der Waals surface area contributed by atoms with E-state index in [-0.39, 0.29) is 5.41 Å². The average molecular weight is 259 g/mol. The van der Waals surface area contributed by atoms with Gasteiger partial charge in [-0.25, -0.2) is 0 Å². The molecule has 4 heteroatoms. The lowest BCUT2D eigenvalue weighted by Gasteiger charge is -2.33. The number of hydrogen-bond donors (Lipinski definition) is 1. The first-order chi connectivity index (χ1) is 8.60. The lowest BCUT2D eigenvalue weighted by molar-refractivity contribution is 0.0164. The zero-order valence-electron chi connectivity index (χ0n) is 12.3. The van der Waals surface area contributed by atoms with Crippen LogP contribution in [0.2, 0.25) is 0 Å². The van der Waals surface area contributed by atoms with Gasteiger partial charge in [0.05, 0.1) is 18.8 Å². The Morgan fingerprint density at radius 3 is 2.72 bits per heavy atom. The molecule has 0 bridgehead atoms. The van der Waals surface area contributed by atoms with Crippen molar-refractivity contribution in [2.45, 2.75) is 45.8 Å². The third kappa shape index (κ3) is 4.84. The van der Waals surface area contributed by atoms with Crippen LogP contribution in [0.5, 0.6) is 0 Å². The maximum absolute atomic E-state index is 5.76. The van der Waals surface area contributed by atoms with Gasteiger partial charge in [0.1, 0.15) is 0 Å². The summed E-state index contributed by atoms with van der Waals surface area (Å²) in [5.74, 6) is 0. The predicted octanol–water partition coefficient (Wildman–Crippen LogP) is 1.83. The van der Waals surface area contributed by atoms with Crippen LogP contribution in [-0.4, -0.2) is 52.2 Å². The first kappa shape index (κ1) is 15.9. The monoisotopic (exact) mass is 259 g/mol. The summed E-state index contributed by atoms with van der Waals surface area (Å²) >= 11 is 0. The zero-order valence-corrected chi connectivity index (χ0v) is 12.3. The van der Waals surface area contributed by atoms with E-state index in [0.717, 1.165) is 45.8 Å². The molecule has 1 heterocycles. The Labute approximate surface area is 111 Å². The van der Waals surface area contributed by atoms with Gasteiger partial charge in [0, 0.05) is 38.8 Å². The fraction of sp³-hybridized carbons (Fsp3) is 1.00. The average Bonchev–Trinajstić information content (AvgIpc) is 2.67. The SMILES string of the molecule is COCCNCC1(CCOC(C)C)CCOC1C. The Morgan fingerprint density at radius 1 is 1.39 bits per heavy atom. The minimum Gasteiger partial charge on any atom is -0.383 e. The van der Waals surface area contributed by atoms with Crippen molar-refractivity contribution in [3.8, 4) is 0 Å². The van der Waals surface area contributed by atoms with Crippen LogP contribution >= 0.6 is 0 Å². The van der Waals surface area contributed by atoms with Crippen LogP contribution < -0.4 is 5.32 Å². The third-order valence-electron chi connectivity index (χ3n) is 3.84. The first-order valence-electron chi connectivity index (χ1n) is 7.03. The van der Waals surface area contributed by atoms with E-state index in [1.54, 1.807) is 7.11 Å². The van der Waals surface area contributed by atoms with Gasteiger partial charge in [-0.15, -0.1) is 0 Å². The standard InChI is InChI=1S/C14H29NO3/c1-12(2)17-8-5-14(6-9-18-13(14)3)11-15-7-10-16-4/h12-13,15H,5-11H2,1-4H3. The van der Waals surface area contributed by atoms with Crippen molar-refractivity contribution in [2.75, 3.05) is 40.0 Å². The Hall–Kier alpha value is -0.160. The van der Waals surface area contributed by atoms with Crippen molar-refractivity contribution in [2.24, 2.45) is 5.41 Å². The van der Waals surface area contributed by atoms with Crippen molar-refractivity contribution in [3.63, 3.8) is 0 Å². The first-order valence-corrected chi connectivity index (χ1v) is 7.03. The number of rotatable bonds is 9. The molecule has 1 aliphatic rings. The van der Waals surface area contributed by atoms with Crippen LogP contribution in [0.4, 0.5) is 0 Å². The second-order valence-corrected chi connectivity index (χ2v) is 5.46. The Balaban J connectivity index is 2.38. The van der Waals surface area contributed by atoms with Crippen LogP contribution in [-0.2, 0) is 14.2 Å². The maximum atomic E-state index is 5.76. The van der Waals surface area contributed by atoms with Crippen molar-refractivity contribution >= 4 is 0 Å². The van der Waals surface area contributed by atoms with Gasteiger partial charge in [-0.3, -0.25) is 0 Å². The molecule has 0 aromatic rings. The highest BCUT2D eigenvalue weighted by atomic mass is 16.5. The normalized spacial score (nSPS) is 28.2. The molecule has 108 valence electrons. The number of methoxy groups -OCH3 is 1. The summed E-state index contributed by atoms with van der Waals surface area (Å²) in [6, 6.07) is 0. The van der Waals surface area contributed by atoms with Crippen LogP contribution in [0.25, 0.3) is 0 Å². The van der Waals surface area contributed by atoms with Gasteiger partial charge >= 0.3 is 0 Å². The van der Waals surface area contributed by atoms with E-state index < -0.39 is 0 Å². The smallest absolute Gasteiger partial charge is 0.0617 e. The van der Waals surface area contributed by atoms with Crippen LogP contribution in [0.3, 0.4) is 0 Å². The molecule has 18 heavy (non-hydrogen) atoms. The summed E-state index contributed by atoms with van der Waals surface area (Å²) in [4.78, 5) is 0. The Morgan fingerprint density at radius 2 is 2.17 bits per heavy atom. The molecule has 0 spiro atoms. The highest BCUT2D eigenvalue weighted by Gasteiger charge is 2.40. The van der Waals surface area contributed by atoms with E-state index in [4.69, 9.17) is 14.2 Å². The summed E-state index contributed by atoms with van der Waals surface area (Å²) in [5, 5.41) is 3.48. The van der Waals surface area contributed by atoms with Gasteiger partial charge in [0.25, 0.3) is 0 Å². The summed E-state index contributed by atoms with van der Waals surface area (Å²) in [6.07, 6.45) is 2.80. The summed E-state index contributed by atoms with van der Waals surface area (Å²) in [5.41, 5.74) is 0.225. The van der Waals surface area contributed by atoms with E-state index in [1.165, 1.54) is 0 Å². The molecule has 2 atom stereocenters. The van der Waals surface area contributed by atoms with Gasteiger partial charge in [-0.05, 0) is 33.6 Å². The van der Waals surface area contributed by atoms with Crippen molar-refractivity contribution < 1.29 is 14.2 Å². The predicted molar refractivity (Wildman–Crippen MR) is 72.9 cm³/mol.